The number of hydrogen-bond donors (Lipinski definition) is 3. The summed E-state index contributed by atoms with van der Waals surface area (Å²) in [5.41, 5.74) is 3.93. The third kappa shape index (κ3) is 10.1. The molecule has 1 atom stereocenters. The predicted molar refractivity (Wildman–Crippen MR) is 216 cm³/mol. The Balaban J connectivity index is 1.28. The first kappa shape index (κ1) is 40.9. The molecule has 14 heteroatoms. The molecule has 290 valence electrons. The molecule has 0 bridgehead atoms. The fourth-order valence-corrected chi connectivity index (χ4v) is 7.58. The second-order valence-corrected chi connectivity index (χ2v) is 16.9. The van der Waals surface area contributed by atoms with Crippen molar-refractivity contribution in [1.82, 2.24) is 30.1 Å². The number of aliphatic imine (C=N–C) groups is 2. The molecule has 3 heterocycles. The summed E-state index contributed by atoms with van der Waals surface area (Å²) in [5, 5.41) is 19.4. The molecule has 12 nitrogen and oxygen atoms in total. The third-order valence-electron chi connectivity index (χ3n) is 9.94. The maximum atomic E-state index is 15.3. The molecule has 1 aromatic rings. The van der Waals surface area contributed by atoms with Crippen LogP contribution in [0.5, 0.6) is 0 Å². The van der Waals surface area contributed by atoms with Crippen molar-refractivity contribution >= 4 is 28.0 Å². The molecule has 3 aliphatic heterocycles. The quantitative estimate of drug-likeness (QED) is 0.227. The summed E-state index contributed by atoms with van der Waals surface area (Å²) in [5.74, 6) is 5.85. The van der Waals surface area contributed by atoms with Crippen LogP contribution in [0.3, 0.4) is 0 Å². The summed E-state index contributed by atoms with van der Waals surface area (Å²) >= 11 is 0. The smallest absolute Gasteiger partial charge is 0.254 e. The molecule has 0 aromatic heterocycles. The number of amides is 1. The Kier molecular flexibility index (Phi) is 12.7. The molecular weight excluding hydrogens is 718 g/mol. The Labute approximate surface area is 324 Å². The molecule has 3 N–H and O–H groups in total. The van der Waals surface area contributed by atoms with Crippen LogP contribution in [0.2, 0.25) is 0 Å². The van der Waals surface area contributed by atoms with Gasteiger partial charge in [-0.05, 0) is 68.2 Å². The summed E-state index contributed by atoms with van der Waals surface area (Å²) < 4.78 is 40.8. The maximum absolute atomic E-state index is 15.3. The Morgan fingerprint density at radius 1 is 1.20 bits per heavy atom. The number of benzene rings is 1. The summed E-state index contributed by atoms with van der Waals surface area (Å²) in [7, 11) is 0.271. The number of nitriles is 1. The van der Waals surface area contributed by atoms with Crippen LogP contribution in [0.4, 0.5) is 4.39 Å². The largest absolute Gasteiger partial charge is 0.392 e. The lowest BCUT2D eigenvalue weighted by molar-refractivity contribution is 0.0936. The fourth-order valence-electron chi connectivity index (χ4n) is 6.75. The molecule has 5 rings (SSSR count). The molecule has 0 spiro atoms. The first-order valence-electron chi connectivity index (χ1n) is 18.2. The average molecular weight is 768 g/mol. The minimum Gasteiger partial charge on any atom is -0.392 e. The van der Waals surface area contributed by atoms with Gasteiger partial charge in [-0.3, -0.25) is 14.7 Å². The van der Waals surface area contributed by atoms with Gasteiger partial charge in [-0.2, -0.15) is 9.57 Å². The zero-order valence-corrected chi connectivity index (χ0v) is 33.4. The number of piperazine rings is 1. The van der Waals surface area contributed by atoms with Crippen molar-refractivity contribution in [3.8, 4) is 17.9 Å². The van der Waals surface area contributed by atoms with Crippen molar-refractivity contribution in [1.29, 1.82) is 5.26 Å². The van der Waals surface area contributed by atoms with Gasteiger partial charge in [-0.15, -0.1) is 0 Å². The van der Waals surface area contributed by atoms with Crippen LogP contribution in [0.1, 0.15) is 48.7 Å². The predicted octanol–water partition coefficient (Wildman–Crippen LogP) is 3.97. The molecule has 1 fully saturated rings. The van der Waals surface area contributed by atoms with Crippen molar-refractivity contribution in [2.75, 3.05) is 66.2 Å². The molecule has 1 amide bonds. The van der Waals surface area contributed by atoms with Crippen LogP contribution < -0.4 is 16.0 Å². The van der Waals surface area contributed by atoms with Gasteiger partial charge in [-0.1, -0.05) is 30.9 Å². The number of rotatable bonds is 11. The molecular formula is C41H50FN9O3S. The molecule has 55 heavy (non-hydrogen) atoms. The second kappa shape index (κ2) is 17.0. The number of fused-ring (bicyclic) bond motifs is 1. The van der Waals surface area contributed by atoms with E-state index in [-0.39, 0.29) is 12.1 Å². The van der Waals surface area contributed by atoms with E-state index in [4.69, 9.17) is 0 Å². The van der Waals surface area contributed by atoms with Gasteiger partial charge in [0.2, 0.25) is 10.0 Å². The normalized spacial score (nSPS) is 20.9. The first-order chi connectivity index (χ1) is 26.1. The highest BCUT2D eigenvalue weighted by Crippen LogP contribution is 2.41. The van der Waals surface area contributed by atoms with E-state index in [0.29, 0.717) is 56.8 Å². The van der Waals surface area contributed by atoms with Gasteiger partial charge >= 0.3 is 0 Å². The molecule has 1 aromatic carbocycles. The number of carbonyl (C=O) groups excluding carboxylic acids is 1. The number of nitrogens with zero attached hydrogens (tertiary/aromatic N) is 6. The Bertz CT molecular complexity index is 2170. The highest BCUT2D eigenvalue weighted by atomic mass is 32.2. The number of allylic oxidation sites excluding steroid dienone is 4. The topological polar surface area (TPSA) is 146 Å². The van der Waals surface area contributed by atoms with E-state index in [1.807, 2.05) is 51.1 Å². The fraction of sp³-hybridized carbons (Fsp3) is 0.415. The van der Waals surface area contributed by atoms with Crippen molar-refractivity contribution in [2.45, 2.75) is 34.1 Å². The minimum atomic E-state index is -3.24. The standard InChI is InChI=1S/C41H50FN9O3S/c1-29-19-36(42)34(20-31(29)11-10-30-22-46-38-37(9-8-14-50(38)25-30)48-33(23-44-5)24-45-6)39(52)47-28-41(4)13-12-32(35(21-41)40(2,3)27-43)26-49-15-17-51(18-16-49)55(7,53)54/h8-9,12,14,19-24,44,48H,13,15-18,25-26,28H2,1-7H3,(H,47,52)/b33-23+,45-24?. The van der Waals surface area contributed by atoms with Crippen LogP contribution in [0.25, 0.3) is 0 Å². The van der Waals surface area contributed by atoms with Gasteiger partial charge < -0.3 is 20.9 Å². The zero-order valence-electron chi connectivity index (χ0n) is 32.6. The molecule has 4 aliphatic rings. The Morgan fingerprint density at radius 2 is 1.95 bits per heavy atom. The SMILES string of the molecule is CN=C/C(=C\NC)NC1=CC=CN2CC(C#Cc3cc(C(=O)NCC4(C)C=C(C(C)(C)C#N)C(CN5CCN(S(C)(=O)=O)CC5)=CC4)c(F)cc3C)=CN=C12. The second-order valence-electron chi connectivity index (χ2n) is 15.0. The van der Waals surface area contributed by atoms with Crippen LogP contribution in [-0.2, 0) is 10.0 Å². The van der Waals surface area contributed by atoms with E-state index < -0.39 is 32.6 Å². The minimum absolute atomic E-state index is 0.0980. The van der Waals surface area contributed by atoms with Gasteiger partial charge in [0.1, 0.15) is 5.82 Å². The third-order valence-corrected chi connectivity index (χ3v) is 11.2. The highest BCUT2D eigenvalue weighted by molar-refractivity contribution is 7.88. The Hall–Kier alpha value is -5.28. The zero-order chi connectivity index (χ0) is 40.0. The van der Waals surface area contributed by atoms with Gasteiger partial charge in [0.15, 0.2) is 5.84 Å². The summed E-state index contributed by atoms with van der Waals surface area (Å²) in [6.45, 7) is 10.8. The lowest BCUT2D eigenvalue weighted by Gasteiger charge is -2.38. The number of sulfonamides is 1. The van der Waals surface area contributed by atoms with E-state index in [9.17, 15) is 18.5 Å². The van der Waals surface area contributed by atoms with Crippen LogP contribution >= 0.6 is 0 Å². The molecule has 1 unspecified atom stereocenters. The lowest BCUT2D eigenvalue weighted by Crippen LogP contribution is -2.49. The van der Waals surface area contributed by atoms with E-state index >= 15 is 4.39 Å². The molecule has 1 saturated heterocycles. The molecule has 1 aliphatic carbocycles. The average Bonchev–Trinajstić information content (AvgIpc) is 3.14. The van der Waals surface area contributed by atoms with Crippen molar-refractivity contribution in [3.05, 3.63) is 106 Å². The van der Waals surface area contributed by atoms with Gasteiger partial charge in [0.05, 0.1) is 41.2 Å². The number of nitrogens with one attached hydrogen (secondary N) is 3. The van der Waals surface area contributed by atoms with E-state index in [2.05, 4.69) is 60.9 Å². The number of carbonyl (C=O) groups is 1. The van der Waals surface area contributed by atoms with Crippen LogP contribution in [0, 0.1) is 46.7 Å². The first-order valence-corrected chi connectivity index (χ1v) is 20.0. The highest BCUT2D eigenvalue weighted by Gasteiger charge is 2.35. The molecule has 0 saturated carbocycles. The number of aryl methyl sites for hydroxylation is 1. The van der Waals surface area contributed by atoms with E-state index in [1.165, 1.54) is 22.7 Å². The summed E-state index contributed by atoms with van der Waals surface area (Å²) in [6, 6.07) is 5.25. The number of halogens is 1. The van der Waals surface area contributed by atoms with Crippen LogP contribution in [0.15, 0.2) is 93.1 Å². The van der Waals surface area contributed by atoms with Gasteiger partial charge in [0.25, 0.3) is 5.91 Å². The van der Waals surface area contributed by atoms with Crippen LogP contribution in [-0.4, -0.2) is 107 Å². The number of hydrogen-bond acceptors (Lipinski definition) is 10. The van der Waals surface area contributed by atoms with E-state index in [1.54, 1.807) is 32.6 Å². The monoisotopic (exact) mass is 767 g/mol. The van der Waals surface area contributed by atoms with Crippen molar-refractivity contribution < 1.29 is 17.6 Å². The van der Waals surface area contributed by atoms with Gasteiger partial charge in [-0.25, -0.2) is 17.8 Å². The van der Waals surface area contributed by atoms with E-state index in [0.717, 1.165) is 33.9 Å². The summed E-state index contributed by atoms with van der Waals surface area (Å²) in [4.78, 5) is 26.4. The maximum Gasteiger partial charge on any atom is 0.254 e. The number of amidine groups is 1. The molecule has 0 radical (unpaired) electrons. The van der Waals surface area contributed by atoms with Crippen molar-refractivity contribution in [2.24, 2.45) is 20.8 Å². The summed E-state index contributed by atoms with van der Waals surface area (Å²) in [6.07, 6.45) is 17.0. The van der Waals surface area contributed by atoms with Crippen molar-refractivity contribution in [3.63, 3.8) is 0 Å². The Morgan fingerprint density at radius 3 is 2.62 bits per heavy atom. The lowest BCUT2D eigenvalue weighted by atomic mass is 9.71. The van der Waals surface area contributed by atoms with Gasteiger partial charge in [0, 0.05) is 94.7 Å².